The van der Waals surface area contributed by atoms with E-state index in [9.17, 15) is 4.79 Å². The Morgan fingerprint density at radius 3 is 2.36 bits per heavy atom. The molecule has 0 bridgehead atoms. The van der Waals surface area contributed by atoms with Crippen molar-refractivity contribution in [1.82, 2.24) is 0 Å². The number of nitrogens with one attached hydrogen (secondary N) is 2. The van der Waals surface area contributed by atoms with E-state index in [-0.39, 0.29) is 12.5 Å². The van der Waals surface area contributed by atoms with E-state index in [1.54, 1.807) is 30.3 Å². The topological polar surface area (TPSA) is 64.9 Å². The zero-order valence-electron chi connectivity index (χ0n) is 11.2. The van der Waals surface area contributed by atoms with Gasteiger partial charge < -0.3 is 10.6 Å². The Bertz CT molecular complexity index is 756. The number of halogens is 3. The first kappa shape index (κ1) is 16.4. The Morgan fingerprint density at radius 2 is 1.68 bits per heavy atom. The quantitative estimate of drug-likeness (QED) is 0.845. The first-order chi connectivity index (χ1) is 10.5. The SMILES string of the molecule is N#Cc1ccc(Cl)cc1NC(=O)CNc1cc(Cl)ccc1Cl. The number of amides is 1. The van der Waals surface area contributed by atoms with Crippen LogP contribution in [0, 0.1) is 11.3 Å². The van der Waals surface area contributed by atoms with Crippen molar-refractivity contribution in [2.24, 2.45) is 0 Å². The van der Waals surface area contributed by atoms with Crippen molar-refractivity contribution in [1.29, 1.82) is 5.26 Å². The number of nitrogens with zero attached hydrogens (tertiary/aromatic N) is 1. The van der Waals surface area contributed by atoms with Crippen LogP contribution >= 0.6 is 34.8 Å². The van der Waals surface area contributed by atoms with Crippen molar-refractivity contribution in [2.45, 2.75) is 0 Å². The summed E-state index contributed by atoms with van der Waals surface area (Å²) >= 11 is 17.7. The molecule has 0 saturated heterocycles. The molecule has 2 rings (SSSR count). The van der Waals surface area contributed by atoms with E-state index in [0.29, 0.717) is 32.0 Å². The van der Waals surface area contributed by atoms with Gasteiger partial charge in [0.15, 0.2) is 0 Å². The molecule has 2 aromatic rings. The van der Waals surface area contributed by atoms with E-state index in [0.717, 1.165) is 0 Å². The van der Waals surface area contributed by atoms with Crippen LogP contribution in [0.15, 0.2) is 36.4 Å². The van der Waals surface area contributed by atoms with Crippen molar-refractivity contribution < 1.29 is 4.79 Å². The molecule has 2 aromatic carbocycles. The predicted octanol–water partition coefficient (Wildman–Crippen LogP) is 4.57. The van der Waals surface area contributed by atoms with Gasteiger partial charge in [0.25, 0.3) is 0 Å². The number of hydrogen-bond donors (Lipinski definition) is 2. The lowest BCUT2D eigenvalue weighted by Gasteiger charge is -2.10. The van der Waals surface area contributed by atoms with Crippen molar-refractivity contribution in [3.63, 3.8) is 0 Å². The van der Waals surface area contributed by atoms with Crippen LogP contribution in [-0.2, 0) is 4.79 Å². The van der Waals surface area contributed by atoms with Gasteiger partial charge in [-0.05, 0) is 36.4 Å². The monoisotopic (exact) mass is 353 g/mol. The standard InChI is InChI=1S/C15H10Cl3N3O/c16-10-2-1-9(7-19)13(5-10)21-15(22)8-20-14-6-11(17)3-4-12(14)18/h1-6,20H,8H2,(H,21,22). The normalized spacial score (nSPS) is 9.91. The van der Waals surface area contributed by atoms with Gasteiger partial charge >= 0.3 is 0 Å². The van der Waals surface area contributed by atoms with Crippen LogP contribution in [0.3, 0.4) is 0 Å². The number of benzene rings is 2. The largest absolute Gasteiger partial charge is 0.375 e. The van der Waals surface area contributed by atoms with Gasteiger partial charge in [0.1, 0.15) is 6.07 Å². The van der Waals surface area contributed by atoms with E-state index in [4.69, 9.17) is 40.1 Å². The van der Waals surface area contributed by atoms with Crippen LogP contribution < -0.4 is 10.6 Å². The summed E-state index contributed by atoms with van der Waals surface area (Å²) in [4.78, 5) is 12.0. The lowest BCUT2D eigenvalue weighted by atomic mass is 10.2. The molecule has 0 spiro atoms. The molecule has 112 valence electrons. The van der Waals surface area contributed by atoms with Gasteiger partial charge in [-0.1, -0.05) is 34.8 Å². The van der Waals surface area contributed by atoms with Crippen molar-refractivity contribution >= 4 is 52.1 Å². The molecule has 0 unspecified atom stereocenters. The second kappa shape index (κ2) is 7.37. The van der Waals surface area contributed by atoms with Crippen LogP contribution in [-0.4, -0.2) is 12.5 Å². The van der Waals surface area contributed by atoms with Gasteiger partial charge in [-0.25, -0.2) is 0 Å². The maximum atomic E-state index is 12.0. The molecule has 0 aliphatic carbocycles. The van der Waals surface area contributed by atoms with Crippen LogP contribution in [0.5, 0.6) is 0 Å². The zero-order valence-corrected chi connectivity index (χ0v) is 13.4. The van der Waals surface area contributed by atoms with Gasteiger partial charge in [0.2, 0.25) is 5.91 Å². The lowest BCUT2D eigenvalue weighted by molar-refractivity contribution is -0.114. The molecule has 0 aliphatic heterocycles. The van der Waals surface area contributed by atoms with Crippen molar-refractivity contribution in [2.75, 3.05) is 17.2 Å². The lowest BCUT2D eigenvalue weighted by Crippen LogP contribution is -2.22. The number of anilines is 2. The molecule has 0 aliphatic rings. The third-order valence-electron chi connectivity index (χ3n) is 2.74. The summed E-state index contributed by atoms with van der Waals surface area (Å²) in [6.45, 7) is -0.0303. The van der Waals surface area contributed by atoms with E-state index >= 15 is 0 Å². The molecule has 2 N–H and O–H groups in total. The fourth-order valence-corrected chi connectivity index (χ4v) is 2.25. The van der Waals surface area contributed by atoms with Crippen molar-refractivity contribution in [3.8, 4) is 6.07 Å². The fourth-order valence-electron chi connectivity index (χ4n) is 1.72. The number of hydrogen-bond acceptors (Lipinski definition) is 3. The Morgan fingerprint density at radius 1 is 1.05 bits per heavy atom. The molecule has 0 heterocycles. The van der Waals surface area contributed by atoms with Crippen LogP contribution in [0.4, 0.5) is 11.4 Å². The summed E-state index contributed by atoms with van der Waals surface area (Å²) in [6, 6.07) is 11.5. The van der Waals surface area contributed by atoms with Crippen LogP contribution in [0.25, 0.3) is 0 Å². The first-order valence-electron chi connectivity index (χ1n) is 6.18. The number of rotatable bonds is 4. The van der Waals surface area contributed by atoms with E-state index in [1.165, 1.54) is 6.07 Å². The summed E-state index contributed by atoms with van der Waals surface area (Å²) < 4.78 is 0. The van der Waals surface area contributed by atoms with E-state index in [1.807, 2.05) is 6.07 Å². The van der Waals surface area contributed by atoms with Crippen LogP contribution in [0.2, 0.25) is 15.1 Å². The predicted molar refractivity (Wildman–Crippen MR) is 89.7 cm³/mol. The molecule has 4 nitrogen and oxygen atoms in total. The molecule has 0 fully saturated rings. The number of nitriles is 1. The molecule has 0 aromatic heterocycles. The van der Waals surface area contributed by atoms with Gasteiger partial charge in [-0.3, -0.25) is 4.79 Å². The number of carbonyl (C=O) groups is 1. The Balaban J connectivity index is 2.03. The van der Waals surface area contributed by atoms with Gasteiger partial charge in [0, 0.05) is 10.0 Å². The highest BCUT2D eigenvalue weighted by molar-refractivity contribution is 6.35. The minimum absolute atomic E-state index is 0.0303. The van der Waals surface area contributed by atoms with Crippen molar-refractivity contribution in [3.05, 3.63) is 57.0 Å². The third kappa shape index (κ3) is 4.28. The zero-order chi connectivity index (χ0) is 16.1. The summed E-state index contributed by atoms with van der Waals surface area (Å²) in [6.07, 6.45) is 0. The Hall–Kier alpha value is -1.93. The molecular weight excluding hydrogens is 345 g/mol. The molecular formula is C15H10Cl3N3O. The molecule has 0 saturated carbocycles. The third-order valence-corrected chi connectivity index (χ3v) is 3.54. The fraction of sp³-hybridized carbons (Fsp3) is 0.0667. The highest BCUT2D eigenvalue weighted by Crippen LogP contribution is 2.25. The second-order valence-electron chi connectivity index (χ2n) is 4.33. The van der Waals surface area contributed by atoms with E-state index in [2.05, 4.69) is 10.6 Å². The smallest absolute Gasteiger partial charge is 0.243 e. The maximum Gasteiger partial charge on any atom is 0.243 e. The highest BCUT2D eigenvalue weighted by Gasteiger charge is 2.09. The average molecular weight is 355 g/mol. The van der Waals surface area contributed by atoms with Crippen LogP contribution in [0.1, 0.15) is 5.56 Å². The second-order valence-corrected chi connectivity index (χ2v) is 5.61. The summed E-state index contributed by atoms with van der Waals surface area (Å²) in [7, 11) is 0. The van der Waals surface area contributed by atoms with Gasteiger partial charge in [0.05, 0.1) is 28.5 Å². The summed E-state index contributed by atoms with van der Waals surface area (Å²) in [5.74, 6) is -0.338. The van der Waals surface area contributed by atoms with Gasteiger partial charge in [-0.2, -0.15) is 5.26 Å². The maximum absolute atomic E-state index is 12.0. The van der Waals surface area contributed by atoms with Gasteiger partial charge in [-0.15, -0.1) is 0 Å². The molecule has 22 heavy (non-hydrogen) atoms. The Labute approximate surface area is 142 Å². The summed E-state index contributed by atoms with van der Waals surface area (Å²) in [5, 5.41) is 15.9. The molecule has 7 heteroatoms. The average Bonchev–Trinajstić information content (AvgIpc) is 2.48. The van der Waals surface area contributed by atoms with E-state index < -0.39 is 0 Å². The molecule has 0 radical (unpaired) electrons. The molecule has 1 amide bonds. The summed E-state index contributed by atoms with van der Waals surface area (Å²) in [5.41, 5.74) is 1.24. The Kier molecular flexibility index (Phi) is 5.51. The minimum atomic E-state index is -0.338. The number of carbonyl (C=O) groups excluding carboxylic acids is 1. The molecule has 0 atom stereocenters. The highest BCUT2D eigenvalue weighted by atomic mass is 35.5. The first-order valence-corrected chi connectivity index (χ1v) is 7.31. The minimum Gasteiger partial charge on any atom is -0.375 e.